The Balaban J connectivity index is 1.66. The zero-order valence-electron chi connectivity index (χ0n) is 13.1. The fourth-order valence-corrected chi connectivity index (χ4v) is 3.79. The smallest absolute Gasteiger partial charge is 0.205 e. The molecule has 2 aromatic rings. The Morgan fingerprint density at radius 3 is 3.09 bits per heavy atom. The average molecular weight is 321 g/mol. The molecular formula is C16H23N3O2S. The quantitative estimate of drug-likeness (QED) is 0.883. The molecule has 0 bridgehead atoms. The molecule has 5 nitrogen and oxygen atoms in total. The molecule has 3 rings (SSSR count). The Morgan fingerprint density at radius 2 is 2.36 bits per heavy atom. The number of hydrogen-bond acceptors (Lipinski definition) is 6. The van der Waals surface area contributed by atoms with Crippen molar-refractivity contribution in [3.05, 3.63) is 30.0 Å². The molecule has 2 aromatic heterocycles. The first-order valence-electron chi connectivity index (χ1n) is 7.94. The molecule has 1 aliphatic heterocycles. The maximum atomic E-state index is 10.3. The van der Waals surface area contributed by atoms with Crippen molar-refractivity contribution in [1.29, 1.82) is 0 Å². The van der Waals surface area contributed by atoms with Crippen molar-refractivity contribution in [3.8, 4) is 0 Å². The van der Waals surface area contributed by atoms with E-state index in [0.717, 1.165) is 36.8 Å². The second kappa shape index (κ2) is 6.79. The lowest BCUT2D eigenvalue weighted by atomic mass is 10.1. The average Bonchev–Trinajstić information content (AvgIpc) is 3.18. The molecule has 1 saturated heterocycles. The minimum Gasteiger partial charge on any atom is -0.467 e. The molecule has 0 saturated carbocycles. The largest absolute Gasteiger partial charge is 0.467 e. The van der Waals surface area contributed by atoms with E-state index in [4.69, 9.17) is 4.42 Å². The fraction of sp³-hybridized carbons (Fsp3) is 0.625. The van der Waals surface area contributed by atoms with Crippen LogP contribution in [0.15, 0.2) is 22.8 Å². The summed E-state index contributed by atoms with van der Waals surface area (Å²) in [7, 11) is 0. The van der Waals surface area contributed by atoms with Crippen molar-refractivity contribution in [2.75, 3.05) is 11.4 Å². The van der Waals surface area contributed by atoms with Gasteiger partial charge in [-0.15, -0.1) is 0 Å². The zero-order chi connectivity index (χ0) is 15.5. The van der Waals surface area contributed by atoms with Crippen molar-refractivity contribution in [2.45, 2.75) is 51.7 Å². The first kappa shape index (κ1) is 15.5. The summed E-state index contributed by atoms with van der Waals surface area (Å²) in [5.41, 5.74) is 0. The van der Waals surface area contributed by atoms with E-state index in [0.29, 0.717) is 24.1 Å². The number of aliphatic hydroxyl groups is 1. The van der Waals surface area contributed by atoms with Crippen molar-refractivity contribution >= 4 is 16.7 Å². The van der Waals surface area contributed by atoms with Crippen molar-refractivity contribution in [2.24, 2.45) is 5.92 Å². The van der Waals surface area contributed by atoms with Crippen LogP contribution >= 0.6 is 11.5 Å². The summed E-state index contributed by atoms with van der Waals surface area (Å²) in [6.45, 7) is 5.35. The molecule has 0 aliphatic carbocycles. The molecule has 0 spiro atoms. The van der Waals surface area contributed by atoms with E-state index < -0.39 is 6.10 Å². The summed E-state index contributed by atoms with van der Waals surface area (Å²) < 4.78 is 9.77. The van der Waals surface area contributed by atoms with Crippen LogP contribution in [0.5, 0.6) is 0 Å². The maximum Gasteiger partial charge on any atom is 0.205 e. The molecule has 22 heavy (non-hydrogen) atoms. The number of nitrogens with zero attached hydrogens (tertiary/aromatic N) is 3. The van der Waals surface area contributed by atoms with Crippen LogP contribution in [-0.2, 0) is 6.42 Å². The molecule has 1 N–H and O–H groups in total. The molecule has 1 aliphatic rings. The SMILES string of the molecule is CC(C)Cc1nsc(N2CCCC2CC(O)c2ccco2)n1. The second-order valence-corrected chi connectivity index (χ2v) is 7.08. The van der Waals surface area contributed by atoms with Gasteiger partial charge in [0.15, 0.2) is 0 Å². The zero-order valence-corrected chi connectivity index (χ0v) is 13.9. The Kier molecular flexibility index (Phi) is 4.78. The molecule has 2 unspecified atom stereocenters. The van der Waals surface area contributed by atoms with Crippen molar-refractivity contribution in [1.82, 2.24) is 9.36 Å². The van der Waals surface area contributed by atoms with E-state index in [1.54, 1.807) is 6.26 Å². The van der Waals surface area contributed by atoms with Crippen LogP contribution in [0, 0.1) is 5.92 Å². The topological polar surface area (TPSA) is 62.4 Å². The number of furan rings is 1. The summed E-state index contributed by atoms with van der Waals surface area (Å²) in [6.07, 6.45) is 4.86. The lowest BCUT2D eigenvalue weighted by molar-refractivity contribution is 0.132. The highest BCUT2D eigenvalue weighted by atomic mass is 32.1. The van der Waals surface area contributed by atoms with Gasteiger partial charge in [-0.05, 0) is 30.9 Å². The monoisotopic (exact) mass is 321 g/mol. The summed E-state index contributed by atoms with van der Waals surface area (Å²) >= 11 is 1.48. The highest BCUT2D eigenvalue weighted by Gasteiger charge is 2.30. The molecule has 6 heteroatoms. The molecule has 3 heterocycles. The third kappa shape index (κ3) is 3.50. The highest BCUT2D eigenvalue weighted by Crippen LogP contribution is 2.32. The lowest BCUT2D eigenvalue weighted by Gasteiger charge is -2.25. The normalized spacial score (nSPS) is 20.0. The van der Waals surface area contributed by atoms with Crippen LogP contribution in [0.2, 0.25) is 0 Å². The first-order valence-corrected chi connectivity index (χ1v) is 8.71. The second-order valence-electron chi connectivity index (χ2n) is 6.35. The predicted molar refractivity (Wildman–Crippen MR) is 87.1 cm³/mol. The Bertz CT molecular complexity index is 582. The van der Waals surface area contributed by atoms with E-state index in [2.05, 4.69) is 28.1 Å². The van der Waals surface area contributed by atoms with Gasteiger partial charge in [-0.25, -0.2) is 4.98 Å². The molecule has 0 radical (unpaired) electrons. The van der Waals surface area contributed by atoms with Crippen LogP contribution in [0.3, 0.4) is 0 Å². The van der Waals surface area contributed by atoms with Gasteiger partial charge in [-0.1, -0.05) is 13.8 Å². The van der Waals surface area contributed by atoms with E-state index in [-0.39, 0.29) is 0 Å². The van der Waals surface area contributed by atoms with Gasteiger partial charge in [0.2, 0.25) is 5.13 Å². The van der Waals surface area contributed by atoms with Gasteiger partial charge >= 0.3 is 0 Å². The summed E-state index contributed by atoms with van der Waals surface area (Å²) in [6, 6.07) is 3.95. The van der Waals surface area contributed by atoms with Gasteiger partial charge < -0.3 is 14.4 Å². The molecule has 0 aromatic carbocycles. The van der Waals surface area contributed by atoms with Crippen LogP contribution < -0.4 is 4.90 Å². The number of rotatable bonds is 6. The highest BCUT2D eigenvalue weighted by molar-refractivity contribution is 7.09. The predicted octanol–water partition coefficient (Wildman–Crippen LogP) is 3.42. The van der Waals surface area contributed by atoms with Crippen molar-refractivity contribution < 1.29 is 9.52 Å². The van der Waals surface area contributed by atoms with Gasteiger partial charge in [0.1, 0.15) is 17.7 Å². The van der Waals surface area contributed by atoms with E-state index in [1.165, 1.54) is 11.5 Å². The third-order valence-corrected chi connectivity index (χ3v) is 4.83. The van der Waals surface area contributed by atoms with Gasteiger partial charge in [0, 0.05) is 37.0 Å². The van der Waals surface area contributed by atoms with E-state index in [1.807, 2.05) is 12.1 Å². The number of anilines is 1. The Morgan fingerprint density at radius 1 is 1.50 bits per heavy atom. The summed E-state index contributed by atoms with van der Waals surface area (Å²) in [5, 5.41) is 11.3. The molecule has 0 amide bonds. The molecule has 2 atom stereocenters. The maximum absolute atomic E-state index is 10.3. The van der Waals surface area contributed by atoms with Crippen LogP contribution in [0.1, 0.15) is 50.8 Å². The molecule has 120 valence electrons. The minimum absolute atomic E-state index is 0.306. The van der Waals surface area contributed by atoms with Crippen LogP contribution in [-0.4, -0.2) is 27.1 Å². The Labute approximate surface area is 135 Å². The first-order chi connectivity index (χ1) is 10.6. The third-order valence-electron chi connectivity index (χ3n) is 4.04. The number of hydrogen-bond donors (Lipinski definition) is 1. The van der Waals surface area contributed by atoms with Gasteiger partial charge in [-0.3, -0.25) is 0 Å². The number of aliphatic hydroxyl groups excluding tert-OH is 1. The van der Waals surface area contributed by atoms with E-state index >= 15 is 0 Å². The Hall–Kier alpha value is -1.40. The lowest BCUT2D eigenvalue weighted by Crippen LogP contribution is -2.30. The van der Waals surface area contributed by atoms with Crippen LogP contribution in [0.4, 0.5) is 5.13 Å². The summed E-state index contributed by atoms with van der Waals surface area (Å²) in [5.74, 6) is 2.15. The van der Waals surface area contributed by atoms with Crippen molar-refractivity contribution in [3.63, 3.8) is 0 Å². The van der Waals surface area contributed by atoms with E-state index in [9.17, 15) is 5.11 Å². The summed E-state index contributed by atoms with van der Waals surface area (Å²) in [4.78, 5) is 6.98. The minimum atomic E-state index is -0.552. The fourth-order valence-electron chi connectivity index (χ4n) is 3.00. The molecular weight excluding hydrogens is 298 g/mol. The standard InChI is InChI=1S/C16H23N3O2S/c1-11(2)9-15-17-16(22-18-15)19-7-3-5-12(19)10-13(20)14-6-4-8-21-14/h4,6,8,11-13,20H,3,5,7,9-10H2,1-2H3. The van der Waals surface area contributed by atoms with Gasteiger partial charge in [0.25, 0.3) is 0 Å². The van der Waals surface area contributed by atoms with Gasteiger partial charge in [-0.2, -0.15) is 4.37 Å². The molecule has 1 fully saturated rings. The number of aromatic nitrogens is 2. The van der Waals surface area contributed by atoms with Gasteiger partial charge in [0.05, 0.1) is 6.26 Å². The van der Waals surface area contributed by atoms with Crippen LogP contribution in [0.25, 0.3) is 0 Å².